The molecule has 0 aliphatic heterocycles. The number of halogens is 2. The maximum absolute atomic E-state index is 8.72. The van der Waals surface area contributed by atoms with Gasteiger partial charge in [-0.2, -0.15) is 5.26 Å². The van der Waals surface area contributed by atoms with Gasteiger partial charge in [-0.25, -0.2) is 0 Å². The normalized spacial score (nSPS) is 9.94. The number of hydrogen-bond donors (Lipinski definition) is 1. The summed E-state index contributed by atoms with van der Waals surface area (Å²) in [5.41, 5.74) is 0.797. The molecule has 17 heavy (non-hydrogen) atoms. The van der Waals surface area contributed by atoms with Crippen LogP contribution in [0.25, 0.3) is 0 Å². The Morgan fingerprint density at radius 1 is 1.24 bits per heavy atom. The fraction of sp³-hybridized carbons (Fsp3) is 0.0833. The quantitative estimate of drug-likeness (QED) is 0.897. The molecule has 1 aromatic carbocycles. The molecule has 1 heterocycles. The van der Waals surface area contributed by atoms with E-state index in [0.717, 1.165) is 10.6 Å². The molecule has 0 amide bonds. The van der Waals surface area contributed by atoms with Gasteiger partial charge in [0.15, 0.2) is 0 Å². The zero-order valence-electron chi connectivity index (χ0n) is 8.71. The monoisotopic (exact) mass is 282 g/mol. The Kier molecular flexibility index (Phi) is 3.90. The van der Waals surface area contributed by atoms with E-state index in [1.165, 1.54) is 11.3 Å². The first-order valence-corrected chi connectivity index (χ1v) is 6.44. The van der Waals surface area contributed by atoms with E-state index in [4.69, 9.17) is 28.5 Å². The lowest BCUT2D eigenvalue weighted by molar-refractivity contribution is 1.19. The molecule has 0 bridgehead atoms. The fourth-order valence-electron chi connectivity index (χ4n) is 1.35. The summed E-state index contributed by atoms with van der Waals surface area (Å²) in [6.45, 7) is 0.631. The lowest BCUT2D eigenvalue weighted by atomic mass is 10.3. The van der Waals surface area contributed by atoms with E-state index >= 15 is 0 Å². The van der Waals surface area contributed by atoms with Gasteiger partial charge in [0.25, 0.3) is 0 Å². The van der Waals surface area contributed by atoms with E-state index in [9.17, 15) is 0 Å². The van der Waals surface area contributed by atoms with Gasteiger partial charge in [-0.1, -0.05) is 23.2 Å². The van der Waals surface area contributed by atoms with Crippen molar-refractivity contribution in [3.05, 3.63) is 50.1 Å². The largest absolute Gasteiger partial charge is 0.379 e. The summed E-state index contributed by atoms with van der Waals surface area (Å²) in [5.74, 6) is 0. The van der Waals surface area contributed by atoms with Crippen molar-refractivity contribution in [2.24, 2.45) is 0 Å². The first-order valence-electron chi connectivity index (χ1n) is 4.87. The van der Waals surface area contributed by atoms with E-state index in [2.05, 4.69) is 11.4 Å². The third-order valence-corrected chi connectivity index (χ3v) is 3.71. The second kappa shape index (κ2) is 5.42. The number of thiophene rings is 1. The molecule has 0 spiro atoms. The number of hydrogen-bond acceptors (Lipinski definition) is 3. The molecule has 1 N–H and O–H groups in total. The van der Waals surface area contributed by atoms with E-state index in [1.807, 2.05) is 6.07 Å². The van der Waals surface area contributed by atoms with Crippen LogP contribution in [0.2, 0.25) is 10.0 Å². The van der Waals surface area contributed by atoms with Crippen molar-refractivity contribution in [2.45, 2.75) is 6.54 Å². The predicted molar refractivity (Wildman–Crippen MR) is 72.8 cm³/mol. The maximum atomic E-state index is 8.72. The van der Waals surface area contributed by atoms with Gasteiger partial charge in [-0.3, -0.25) is 0 Å². The number of nitriles is 1. The molecule has 2 nitrogen and oxygen atoms in total. The summed E-state index contributed by atoms with van der Waals surface area (Å²) in [6, 6.07) is 11.1. The summed E-state index contributed by atoms with van der Waals surface area (Å²) in [6.07, 6.45) is 0. The Bertz CT molecular complexity index is 572. The van der Waals surface area contributed by atoms with Crippen LogP contribution in [0.1, 0.15) is 9.75 Å². The summed E-state index contributed by atoms with van der Waals surface area (Å²) in [7, 11) is 0. The highest BCUT2D eigenvalue weighted by Gasteiger charge is 2.03. The Balaban J connectivity index is 2.07. The molecule has 0 fully saturated rings. The third kappa shape index (κ3) is 3.13. The molecule has 2 aromatic rings. The average Bonchev–Trinajstić information content (AvgIpc) is 2.78. The van der Waals surface area contributed by atoms with Crippen molar-refractivity contribution in [2.75, 3.05) is 5.32 Å². The molecule has 0 aliphatic carbocycles. The van der Waals surface area contributed by atoms with Crippen molar-refractivity contribution in [3.63, 3.8) is 0 Å². The molecule has 0 radical (unpaired) electrons. The first kappa shape index (κ1) is 12.3. The minimum Gasteiger partial charge on any atom is -0.379 e. The summed E-state index contributed by atoms with van der Waals surface area (Å²) in [5, 5.41) is 13.2. The number of nitrogens with one attached hydrogen (secondary N) is 1. The van der Waals surface area contributed by atoms with Gasteiger partial charge in [-0.05, 0) is 30.3 Å². The van der Waals surface area contributed by atoms with Crippen LogP contribution in [0.15, 0.2) is 30.3 Å². The molecule has 0 unspecified atom stereocenters. The highest BCUT2D eigenvalue weighted by molar-refractivity contribution is 7.12. The Morgan fingerprint density at radius 3 is 2.76 bits per heavy atom. The van der Waals surface area contributed by atoms with Gasteiger partial charge in [0.2, 0.25) is 0 Å². The van der Waals surface area contributed by atoms with Crippen molar-refractivity contribution in [1.82, 2.24) is 0 Å². The predicted octanol–water partition coefficient (Wildman–Crippen LogP) is 4.54. The first-order chi connectivity index (χ1) is 8.19. The number of nitrogens with zero attached hydrogens (tertiary/aromatic N) is 1. The summed E-state index contributed by atoms with van der Waals surface area (Å²) < 4.78 is 0. The van der Waals surface area contributed by atoms with Gasteiger partial charge in [-0.15, -0.1) is 11.3 Å². The third-order valence-electron chi connectivity index (χ3n) is 2.15. The number of anilines is 1. The van der Waals surface area contributed by atoms with Gasteiger partial charge >= 0.3 is 0 Å². The second-order valence-corrected chi connectivity index (χ2v) is 5.37. The van der Waals surface area contributed by atoms with Crippen molar-refractivity contribution in [3.8, 4) is 6.07 Å². The molecule has 0 atom stereocenters. The highest BCUT2D eigenvalue weighted by atomic mass is 35.5. The van der Waals surface area contributed by atoms with Crippen LogP contribution in [-0.4, -0.2) is 0 Å². The Labute approximate surface area is 113 Å². The van der Waals surface area contributed by atoms with Crippen LogP contribution in [0.5, 0.6) is 0 Å². The van der Waals surface area contributed by atoms with Crippen LogP contribution in [-0.2, 0) is 6.54 Å². The maximum Gasteiger partial charge on any atom is 0.110 e. The van der Waals surface area contributed by atoms with E-state index < -0.39 is 0 Å². The topological polar surface area (TPSA) is 35.8 Å². The van der Waals surface area contributed by atoms with Crippen LogP contribution < -0.4 is 5.32 Å². The summed E-state index contributed by atoms with van der Waals surface area (Å²) in [4.78, 5) is 1.79. The minimum atomic E-state index is 0.631. The molecule has 0 saturated heterocycles. The van der Waals surface area contributed by atoms with Crippen molar-refractivity contribution in [1.29, 1.82) is 5.26 Å². The Hall–Kier alpha value is -1.21. The SMILES string of the molecule is N#Cc1ccc(CNc2cc(Cl)ccc2Cl)s1. The zero-order chi connectivity index (χ0) is 12.3. The molecular weight excluding hydrogens is 275 g/mol. The van der Waals surface area contributed by atoms with Gasteiger partial charge in [0, 0.05) is 16.4 Å². The fourth-order valence-corrected chi connectivity index (χ4v) is 2.45. The Morgan fingerprint density at radius 2 is 2.06 bits per heavy atom. The standard InChI is InChI=1S/C12H8Cl2N2S/c13-8-1-4-11(14)12(5-8)16-7-10-3-2-9(6-15)17-10/h1-5,16H,7H2. The van der Waals surface area contributed by atoms with Crippen LogP contribution in [0.3, 0.4) is 0 Å². The number of benzene rings is 1. The molecule has 0 aliphatic rings. The van der Waals surface area contributed by atoms with E-state index in [1.54, 1.807) is 24.3 Å². The lowest BCUT2D eigenvalue weighted by Gasteiger charge is -2.07. The molecule has 5 heteroatoms. The van der Waals surface area contributed by atoms with E-state index in [-0.39, 0.29) is 0 Å². The molecule has 2 rings (SSSR count). The minimum absolute atomic E-state index is 0.631. The van der Waals surface area contributed by atoms with Crippen LogP contribution in [0, 0.1) is 11.3 Å². The molecular formula is C12H8Cl2N2S. The van der Waals surface area contributed by atoms with Crippen LogP contribution >= 0.6 is 34.5 Å². The number of rotatable bonds is 3. The average molecular weight is 283 g/mol. The molecule has 86 valence electrons. The van der Waals surface area contributed by atoms with Crippen molar-refractivity contribution < 1.29 is 0 Å². The lowest BCUT2D eigenvalue weighted by Crippen LogP contribution is -1.97. The van der Waals surface area contributed by atoms with Crippen LogP contribution in [0.4, 0.5) is 5.69 Å². The molecule has 1 aromatic heterocycles. The highest BCUT2D eigenvalue weighted by Crippen LogP contribution is 2.26. The van der Waals surface area contributed by atoms with Gasteiger partial charge in [0.05, 0.1) is 10.7 Å². The zero-order valence-corrected chi connectivity index (χ0v) is 11.0. The smallest absolute Gasteiger partial charge is 0.110 e. The van der Waals surface area contributed by atoms with Crippen molar-refractivity contribution >= 4 is 40.2 Å². The van der Waals surface area contributed by atoms with Gasteiger partial charge in [0.1, 0.15) is 10.9 Å². The molecule has 0 saturated carbocycles. The van der Waals surface area contributed by atoms with E-state index in [0.29, 0.717) is 21.5 Å². The summed E-state index contributed by atoms with van der Waals surface area (Å²) >= 11 is 13.4. The van der Waals surface area contributed by atoms with Gasteiger partial charge < -0.3 is 5.32 Å². The second-order valence-electron chi connectivity index (χ2n) is 3.36.